The van der Waals surface area contributed by atoms with Crippen LogP contribution < -0.4 is 4.90 Å². The molecule has 1 aromatic heterocycles. The molecule has 1 fully saturated rings. The first-order valence-corrected chi connectivity index (χ1v) is 7.27. The zero-order valence-electron chi connectivity index (χ0n) is 12.6. The molecule has 106 valence electrons. The van der Waals surface area contributed by atoms with Gasteiger partial charge in [0.25, 0.3) is 0 Å². The van der Waals surface area contributed by atoms with Crippen molar-refractivity contribution in [3.8, 4) is 0 Å². The van der Waals surface area contributed by atoms with Gasteiger partial charge in [-0.15, -0.1) is 0 Å². The number of nitrogens with zero attached hydrogens (tertiary/aromatic N) is 2. The van der Waals surface area contributed by atoms with Crippen LogP contribution in [0.5, 0.6) is 0 Å². The van der Waals surface area contributed by atoms with Gasteiger partial charge in [-0.25, -0.2) is 4.98 Å². The topological polar surface area (TPSA) is 36.4 Å². The minimum Gasteiger partial charge on any atom is -0.389 e. The van der Waals surface area contributed by atoms with Crippen LogP contribution in [0.4, 0.5) is 5.82 Å². The molecule has 1 saturated heterocycles. The van der Waals surface area contributed by atoms with Crippen LogP contribution in [0.15, 0.2) is 18.3 Å². The van der Waals surface area contributed by atoms with Crippen molar-refractivity contribution >= 4 is 5.82 Å². The van der Waals surface area contributed by atoms with Gasteiger partial charge in [0.2, 0.25) is 0 Å². The molecule has 19 heavy (non-hydrogen) atoms. The number of piperidine rings is 1. The summed E-state index contributed by atoms with van der Waals surface area (Å²) < 4.78 is 0. The summed E-state index contributed by atoms with van der Waals surface area (Å²) >= 11 is 0. The van der Waals surface area contributed by atoms with Crippen molar-refractivity contribution in [1.82, 2.24) is 4.98 Å². The Bertz CT molecular complexity index is 415. The SMILES string of the molecule is C[C@H](O)c1ccnc(N2CCC(C(C)(C)C)CC2)c1. The zero-order chi connectivity index (χ0) is 14.0. The molecule has 1 aromatic rings. The number of anilines is 1. The highest BCUT2D eigenvalue weighted by Gasteiger charge is 2.29. The summed E-state index contributed by atoms with van der Waals surface area (Å²) in [5.74, 6) is 1.80. The summed E-state index contributed by atoms with van der Waals surface area (Å²) in [6.07, 6.45) is 3.83. The number of aromatic nitrogens is 1. The molecule has 0 radical (unpaired) electrons. The Balaban J connectivity index is 2.03. The average molecular weight is 262 g/mol. The van der Waals surface area contributed by atoms with Crippen LogP contribution in [0.25, 0.3) is 0 Å². The third kappa shape index (κ3) is 3.47. The van der Waals surface area contributed by atoms with Crippen molar-refractivity contribution in [1.29, 1.82) is 0 Å². The molecule has 2 rings (SSSR count). The van der Waals surface area contributed by atoms with E-state index in [2.05, 4.69) is 30.7 Å². The normalized spacial score (nSPS) is 19.5. The van der Waals surface area contributed by atoms with Crippen molar-refractivity contribution in [3.05, 3.63) is 23.9 Å². The fourth-order valence-electron chi connectivity index (χ4n) is 2.84. The standard InChI is InChI=1S/C16H26N2O/c1-12(19)13-5-8-17-15(11-13)18-9-6-14(7-10-18)16(2,3)4/h5,8,11-12,14,19H,6-7,9-10H2,1-4H3/t12-/m0/s1. The van der Waals surface area contributed by atoms with Gasteiger partial charge in [-0.05, 0) is 48.8 Å². The Morgan fingerprint density at radius 1 is 1.32 bits per heavy atom. The second-order valence-corrected chi connectivity index (χ2v) is 6.75. The van der Waals surface area contributed by atoms with E-state index in [-0.39, 0.29) is 0 Å². The van der Waals surface area contributed by atoms with Crippen LogP contribution in [0.3, 0.4) is 0 Å². The molecular formula is C16H26N2O. The summed E-state index contributed by atoms with van der Waals surface area (Å²) in [5.41, 5.74) is 1.35. The summed E-state index contributed by atoms with van der Waals surface area (Å²) in [5, 5.41) is 9.65. The first-order valence-electron chi connectivity index (χ1n) is 7.27. The van der Waals surface area contributed by atoms with Gasteiger partial charge >= 0.3 is 0 Å². The number of aliphatic hydroxyl groups is 1. The van der Waals surface area contributed by atoms with Crippen LogP contribution in [0.2, 0.25) is 0 Å². The van der Waals surface area contributed by atoms with Crippen LogP contribution in [0.1, 0.15) is 52.2 Å². The van der Waals surface area contributed by atoms with Gasteiger partial charge in [0, 0.05) is 19.3 Å². The monoisotopic (exact) mass is 262 g/mol. The van der Waals surface area contributed by atoms with Crippen molar-refractivity contribution in [3.63, 3.8) is 0 Å². The molecule has 1 N–H and O–H groups in total. The smallest absolute Gasteiger partial charge is 0.128 e. The van der Waals surface area contributed by atoms with E-state index in [1.165, 1.54) is 12.8 Å². The van der Waals surface area contributed by atoms with Gasteiger partial charge < -0.3 is 10.0 Å². The Morgan fingerprint density at radius 2 is 1.95 bits per heavy atom. The van der Waals surface area contributed by atoms with Gasteiger partial charge in [0.1, 0.15) is 5.82 Å². The quantitative estimate of drug-likeness (QED) is 0.887. The highest BCUT2D eigenvalue weighted by atomic mass is 16.3. The first-order chi connectivity index (χ1) is 8.88. The molecule has 3 heteroatoms. The third-order valence-electron chi connectivity index (χ3n) is 4.30. The van der Waals surface area contributed by atoms with Crippen LogP contribution in [0, 0.1) is 11.3 Å². The van der Waals surface area contributed by atoms with Gasteiger partial charge in [-0.1, -0.05) is 20.8 Å². The van der Waals surface area contributed by atoms with E-state index in [1.54, 1.807) is 13.1 Å². The molecule has 0 amide bonds. The third-order valence-corrected chi connectivity index (χ3v) is 4.30. The lowest BCUT2D eigenvalue weighted by atomic mass is 9.75. The highest BCUT2D eigenvalue weighted by molar-refractivity contribution is 5.42. The van der Waals surface area contributed by atoms with E-state index in [0.29, 0.717) is 5.41 Å². The number of hydrogen-bond acceptors (Lipinski definition) is 3. The Kier molecular flexibility index (Phi) is 4.14. The lowest BCUT2D eigenvalue weighted by Crippen LogP contribution is -2.38. The van der Waals surface area contributed by atoms with Gasteiger partial charge in [-0.3, -0.25) is 0 Å². The molecule has 0 saturated carbocycles. The molecule has 0 aromatic carbocycles. The van der Waals surface area contributed by atoms with Crippen molar-refractivity contribution in [2.75, 3.05) is 18.0 Å². The Morgan fingerprint density at radius 3 is 2.47 bits per heavy atom. The van der Waals surface area contributed by atoms with Crippen molar-refractivity contribution < 1.29 is 5.11 Å². The number of rotatable bonds is 2. The zero-order valence-corrected chi connectivity index (χ0v) is 12.6. The molecule has 1 atom stereocenters. The molecule has 0 spiro atoms. The predicted molar refractivity (Wildman–Crippen MR) is 79.3 cm³/mol. The average Bonchev–Trinajstić information content (AvgIpc) is 2.38. The summed E-state index contributed by atoms with van der Waals surface area (Å²) in [6, 6.07) is 3.90. The Hall–Kier alpha value is -1.09. The number of hydrogen-bond donors (Lipinski definition) is 1. The Labute approximate surface area is 116 Å². The van der Waals surface area contributed by atoms with Crippen molar-refractivity contribution in [2.24, 2.45) is 11.3 Å². The summed E-state index contributed by atoms with van der Waals surface area (Å²) in [6.45, 7) is 10.9. The maximum atomic E-state index is 9.65. The van der Waals surface area contributed by atoms with E-state index in [4.69, 9.17) is 0 Å². The highest BCUT2D eigenvalue weighted by Crippen LogP contribution is 2.35. The van der Waals surface area contributed by atoms with Gasteiger partial charge in [0.15, 0.2) is 0 Å². The number of pyridine rings is 1. The second kappa shape index (κ2) is 5.49. The molecular weight excluding hydrogens is 236 g/mol. The molecule has 1 aliphatic heterocycles. The van der Waals surface area contributed by atoms with Gasteiger partial charge in [0.05, 0.1) is 6.10 Å². The first kappa shape index (κ1) is 14.3. The minimum atomic E-state index is -0.422. The second-order valence-electron chi connectivity index (χ2n) is 6.75. The lowest BCUT2D eigenvalue weighted by Gasteiger charge is -2.39. The fourth-order valence-corrected chi connectivity index (χ4v) is 2.84. The molecule has 2 heterocycles. The molecule has 0 aliphatic carbocycles. The maximum absolute atomic E-state index is 9.65. The van der Waals surface area contributed by atoms with E-state index in [1.807, 2.05) is 12.1 Å². The van der Waals surface area contributed by atoms with E-state index < -0.39 is 6.10 Å². The van der Waals surface area contributed by atoms with E-state index in [9.17, 15) is 5.11 Å². The summed E-state index contributed by atoms with van der Waals surface area (Å²) in [4.78, 5) is 6.79. The van der Waals surface area contributed by atoms with E-state index in [0.717, 1.165) is 30.4 Å². The van der Waals surface area contributed by atoms with Gasteiger partial charge in [-0.2, -0.15) is 0 Å². The molecule has 0 bridgehead atoms. The summed E-state index contributed by atoms with van der Waals surface area (Å²) in [7, 11) is 0. The maximum Gasteiger partial charge on any atom is 0.128 e. The minimum absolute atomic E-state index is 0.404. The fraction of sp³-hybridized carbons (Fsp3) is 0.688. The molecule has 3 nitrogen and oxygen atoms in total. The van der Waals surface area contributed by atoms with Crippen LogP contribution in [-0.4, -0.2) is 23.2 Å². The van der Waals surface area contributed by atoms with Crippen molar-refractivity contribution in [2.45, 2.75) is 46.6 Å². The van der Waals surface area contributed by atoms with Crippen LogP contribution >= 0.6 is 0 Å². The lowest BCUT2D eigenvalue weighted by molar-refractivity contribution is 0.197. The predicted octanol–water partition coefficient (Wildman–Crippen LogP) is 3.40. The molecule has 1 aliphatic rings. The number of aliphatic hydroxyl groups excluding tert-OH is 1. The van der Waals surface area contributed by atoms with Crippen LogP contribution in [-0.2, 0) is 0 Å². The molecule has 0 unspecified atom stereocenters. The largest absolute Gasteiger partial charge is 0.389 e. The van der Waals surface area contributed by atoms with E-state index >= 15 is 0 Å².